The van der Waals surface area contributed by atoms with E-state index in [0.717, 1.165) is 11.1 Å². The summed E-state index contributed by atoms with van der Waals surface area (Å²) in [5.74, 6) is 0.731. The molecule has 33 heavy (non-hydrogen) atoms. The Morgan fingerprint density at radius 2 is 1.82 bits per heavy atom. The molecule has 1 saturated heterocycles. The first-order valence-electron chi connectivity index (χ1n) is 10.9. The molecule has 0 aliphatic carbocycles. The maximum absolute atomic E-state index is 13.6. The van der Waals surface area contributed by atoms with Gasteiger partial charge in [0.15, 0.2) is 0 Å². The lowest BCUT2D eigenvalue weighted by molar-refractivity contribution is 0.0617. The number of amides is 1. The number of aryl methyl sites for hydroxylation is 2. The molecular weight excluding hydrogens is 421 g/mol. The molecule has 0 radical (unpaired) electrons. The van der Waals surface area contributed by atoms with Gasteiger partial charge in [0.1, 0.15) is 5.82 Å². The third-order valence-corrected chi connectivity index (χ3v) is 6.00. The van der Waals surface area contributed by atoms with Crippen LogP contribution in [0, 0.1) is 19.7 Å². The Labute approximate surface area is 190 Å². The molecule has 168 valence electrons. The van der Waals surface area contributed by atoms with Gasteiger partial charge in [0.25, 0.3) is 5.91 Å². The zero-order valence-electron chi connectivity index (χ0n) is 18.6. The molecule has 7 nitrogen and oxygen atoms in total. The Bertz CT molecular complexity index is 1320. The highest BCUT2D eigenvalue weighted by molar-refractivity contribution is 6.06. The second-order valence-corrected chi connectivity index (χ2v) is 8.37. The van der Waals surface area contributed by atoms with E-state index in [9.17, 15) is 9.18 Å². The predicted molar refractivity (Wildman–Crippen MR) is 122 cm³/mol. The van der Waals surface area contributed by atoms with Crippen molar-refractivity contribution in [3.8, 4) is 11.4 Å². The Kier molecular flexibility index (Phi) is 5.60. The van der Waals surface area contributed by atoms with E-state index in [1.165, 1.54) is 12.1 Å². The Hall–Kier alpha value is -3.65. The third kappa shape index (κ3) is 4.34. The lowest BCUT2D eigenvalue weighted by Gasteiger charge is -2.34. The van der Waals surface area contributed by atoms with Crippen LogP contribution in [0.4, 0.5) is 4.39 Å². The quantitative estimate of drug-likeness (QED) is 0.473. The van der Waals surface area contributed by atoms with Gasteiger partial charge >= 0.3 is 0 Å². The van der Waals surface area contributed by atoms with Crippen LogP contribution in [0.3, 0.4) is 0 Å². The maximum Gasteiger partial charge on any atom is 0.254 e. The first-order valence-corrected chi connectivity index (χ1v) is 10.9. The van der Waals surface area contributed by atoms with Gasteiger partial charge in [-0.1, -0.05) is 29.4 Å². The number of nitrogens with zero attached hydrogens (tertiary/aromatic N) is 5. The second-order valence-electron chi connectivity index (χ2n) is 8.37. The summed E-state index contributed by atoms with van der Waals surface area (Å²) in [6.45, 7) is 6.94. The lowest BCUT2D eigenvalue weighted by Crippen LogP contribution is -2.48. The van der Waals surface area contributed by atoms with Crippen LogP contribution in [0.15, 0.2) is 53.1 Å². The van der Waals surface area contributed by atoms with Crippen molar-refractivity contribution in [2.75, 3.05) is 26.2 Å². The van der Waals surface area contributed by atoms with E-state index in [0.29, 0.717) is 66.6 Å². The molecule has 8 heteroatoms. The number of benzene rings is 2. The third-order valence-electron chi connectivity index (χ3n) is 6.00. The Balaban J connectivity index is 1.25. The van der Waals surface area contributed by atoms with Gasteiger partial charge in [-0.2, -0.15) is 4.98 Å². The van der Waals surface area contributed by atoms with Crippen LogP contribution in [0.5, 0.6) is 0 Å². The van der Waals surface area contributed by atoms with E-state index < -0.39 is 0 Å². The van der Waals surface area contributed by atoms with Crippen LogP contribution in [0.1, 0.15) is 27.5 Å². The molecule has 1 aliphatic heterocycles. The normalized spacial score (nSPS) is 14.7. The molecule has 0 spiro atoms. The van der Waals surface area contributed by atoms with E-state index in [1.54, 1.807) is 12.1 Å². The SMILES string of the molecule is Cc1cc(C(=O)N2CCN(Cc3nc(-c4ccccc4C)no3)CC2)c2ccc(F)cc2n1. The summed E-state index contributed by atoms with van der Waals surface area (Å²) in [6.07, 6.45) is 0. The number of aromatic nitrogens is 3. The van der Waals surface area contributed by atoms with Gasteiger partial charge in [0.2, 0.25) is 11.7 Å². The average molecular weight is 445 g/mol. The van der Waals surface area contributed by atoms with Crippen molar-refractivity contribution < 1.29 is 13.7 Å². The number of carbonyl (C=O) groups is 1. The summed E-state index contributed by atoms with van der Waals surface area (Å²) in [7, 11) is 0. The molecule has 1 aliphatic rings. The number of pyridine rings is 1. The van der Waals surface area contributed by atoms with Gasteiger partial charge < -0.3 is 9.42 Å². The molecular formula is C25H24FN5O2. The van der Waals surface area contributed by atoms with Crippen LogP contribution < -0.4 is 0 Å². The van der Waals surface area contributed by atoms with Crippen LogP contribution in [0.25, 0.3) is 22.3 Å². The van der Waals surface area contributed by atoms with Crippen molar-refractivity contribution in [3.05, 3.63) is 77.1 Å². The molecule has 4 aromatic rings. The van der Waals surface area contributed by atoms with Gasteiger partial charge in [-0.15, -0.1) is 0 Å². The standard InChI is InChI=1S/C25H24FN5O2/c1-16-5-3-4-6-19(16)24-28-23(33-29-24)15-30-9-11-31(12-10-30)25(32)21-13-17(2)27-22-14-18(26)7-8-20(21)22/h3-8,13-14H,9-12,15H2,1-2H3. The highest BCUT2D eigenvalue weighted by atomic mass is 19.1. The minimum atomic E-state index is -0.362. The van der Waals surface area contributed by atoms with Crippen LogP contribution in [0.2, 0.25) is 0 Å². The number of fused-ring (bicyclic) bond motifs is 1. The summed E-state index contributed by atoms with van der Waals surface area (Å²) in [5.41, 5.74) is 3.81. The fourth-order valence-corrected chi connectivity index (χ4v) is 4.23. The van der Waals surface area contributed by atoms with Gasteiger partial charge in [-0.05, 0) is 37.6 Å². The number of hydrogen-bond acceptors (Lipinski definition) is 6. The van der Waals surface area contributed by atoms with Gasteiger partial charge in [0, 0.05) is 48.9 Å². The molecule has 0 atom stereocenters. The molecule has 0 unspecified atom stereocenters. The van der Waals surface area contributed by atoms with Crippen LogP contribution in [-0.2, 0) is 6.54 Å². The van der Waals surface area contributed by atoms with Gasteiger partial charge in [-0.3, -0.25) is 14.7 Å². The van der Waals surface area contributed by atoms with E-state index in [2.05, 4.69) is 20.0 Å². The average Bonchev–Trinajstić information content (AvgIpc) is 3.26. The Morgan fingerprint density at radius 1 is 1.03 bits per heavy atom. The fraction of sp³-hybridized carbons (Fsp3) is 0.280. The number of halogens is 1. The van der Waals surface area contributed by atoms with Crippen LogP contribution >= 0.6 is 0 Å². The monoisotopic (exact) mass is 445 g/mol. The molecule has 0 bridgehead atoms. The first kappa shape index (κ1) is 21.2. The molecule has 0 saturated carbocycles. The van der Waals surface area contributed by atoms with Crippen molar-refractivity contribution in [1.29, 1.82) is 0 Å². The summed E-state index contributed by atoms with van der Waals surface area (Å²) < 4.78 is 19.1. The van der Waals surface area contributed by atoms with Gasteiger partial charge in [0.05, 0.1) is 17.6 Å². The van der Waals surface area contributed by atoms with E-state index in [-0.39, 0.29) is 11.7 Å². The summed E-state index contributed by atoms with van der Waals surface area (Å²) in [5, 5.41) is 4.80. The second kappa shape index (κ2) is 8.71. The number of hydrogen-bond donors (Lipinski definition) is 0. The summed E-state index contributed by atoms with van der Waals surface area (Å²) in [6, 6.07) is 14.1. The van der Waals surface area contributed by atoms with Crippen molar-refractivity contribution in [2.24, 2.45) is 0 Å². The molecule has 0 N–H and O–H groups in total. The smallest absolute Gasteiger partial charge is 0.254 e. The number of piperazine rings is 1. The maximum atomic E-state index is 13.6. The Morgan fingerprint density at radius 3 is 2.61 bits per heavy atom. The molecule has 1 amide bonds. The number of rotatable bonds is 4. The van der Waals surface area contributed by atoms with Crippen LogP contribution in [-0.4, -0.2) is 57.0 Å². The molecule has 1 fully saturated rings. The van der Waals surface area contributed by atoms with Gasteiger partial charge in [-0.25, -0.2) is 4.39 Å². The molecule has 5 rings (SSSR count). The fourth-order valence-electron chi connectivity index (χ4n) is 4.23. The lowest BCUT2D eigenvalue weighted by atomic mass is 10.1. The van der Waals surface area contributed by atoms with Crippen molar-refractivity contribution in [3.63, 3.8) is 0 Å². The summed E-state index contributed by atoms with van der Waals surface area (Å²) >= 11 is 0. The zero-order valence-corrected chi connectivity index (χ0v) is 18.6. The van der Waals surface area contributed by atoms with E-state index in [1.807, 2.05) is 43.0 Å². The highest BCUT2D eigenvalue weighted by Crippen LogP contribution is 2.23. The molecule has 2 aromatic heterocycles. The minimum Gasteiger partial charge on any atom is -0.338 e. The molecule has 2 aromatic carbocycles. The van der Waals surface area contributed by atoms with Crippen molar-refractivity contribution in [1.82, 2.24) is 24.9 Å². The van der Waals surface area contributed by atoms with Crippen molar-refractivity contribution >= 4 is 16.8 Å². The highest BCUT2D eigenvalue weighted by Gasteiger charge is 2.25. The minimum absolute atomic E-state index is 0.0589. The van der Waals surface area contributed by atoms with E-state index in [4.69, 9.17) is 4.52 Å². The van der Waals surface area contributed by atoms with Crippen molar-refractivity contribution in [2.45, 2.75) is 20.4 Å². The predicted octanol–water partition coefficient (Wildman–Crippen LogP) is 4.00. The zero-order chi connectivity index (χ0) is 22.9. The molecule has 3 heterocycles. The summed E-state index contributed by atoms with van der Waals surface area (Å²) in [4.78, 5) is 26.2. The van der Waals surface area contributed by atoms with E-state index >= 15 is 0 Å². The number of carbonyl (C=O) groups excluding carboxylic acids is 1. The first-order chi connectivity index (χ1) is 16.0. The largest absolute Gasteiger partial charge is 0.338 e. The topological polar surface area (TPSA) is 75.4 Å².